The lowest BCUT2D eigenvalue weighted by molar-refractivity contribution is -0.196. The molecule has 3 unspecified atom stereocenters. The lowest BCUT2D eigenvalue weighted by atomic mass is 9.29. The minimum atomic E-state index is -0.189. The summed E-state index contributed by atoms with van der Waals surface area (Å²) in [5.74, 6) is 0.647. The smallest absolute Gasteiger partial charge is 0.00529 e. The molecule has 7 rings (SSSR count). The second kappa shape index (κ2) is 10.6. The quantitative estimate of drug-likeness (QED) is 0.218. The maximum atomic E-state index is 2.64. The van der Waals surface area contributed by atoms with Crippen molar-refractivity contribution < 1.29 is 0 Å². The van der Waals surface area contributed by atoms with Gasteiger partial charge in [-0.3, -0.25) is 0 Å². The molecule has 1 saturated carbocycles. The molecule has 4 aromatic carbocycles. The van der Waals surface area contributed by atoms with Crippen molar-refractivity contribution in [1.82, 2.24) is 0 Å². The Morgan fingerprint density at radius 3 is 1.48 bits per heavy atom. The number of hydrogen-bond acceptors (Lipinski definition) is 0. The normalized spacial score (nSPS) is 27.9. The summed E-state index contributed by atoms with van der Waals surface area (Å²) in [5, 5.41) is 5.15. The van der Waals surface area contributed by atoms with Crippen LogP contribution in [0.3, 0.4) is 0 Å². The van der Waals surface area contributed by atoms with Gasteiger partial charge >= 0.3 is 0 Å². The third-order valence-corrected chi connectivity index (χ3v) is 14.2. The van der Waals surface area contributed by atoms with Crippen LogP contribution in [0.5, 0.6) is 0 Å². The van der Waals surface area contributed by atoms with E-state index in [0.717, 1.165) is 6.42 Å². The average molecular weight is 603 g/mol. The van der Waals surface area contributed by atoms with Gasteiger partial charge in [0.25, 0.3) is 0 Å². The van der Waals surface area contributed by atoms with E-state index in [-0.39, 0.29) is 33.0 Å². The van der Waals surface area contributed by atoms with Gasteiger partial charge < -0.3 is 0 Å². The van der Waals surface area contributed by atoms with Crippen LogP contribution in [0.4, 0.5) is 0 Å². The first-order valence-corrected chi connectivity index (χ1v) is 17.3. The SMILES string of the molecule is CC1(C2C=CC=C2)C(=C(c2ccc3ccccc3c2)c2ccc3ccccc3c2)C(C)(C2C=CC=CC2)C(C)(C)C(C)(C)C1(C)C. The topological polar surface area (TPSA) is 0 Å². The van der Waals surface area contributed by atoms with Crippen LogP contribution in [0.25, 0.3) is 27.1 Å². The summed E-state index contributed by atoms with van der Waals surface area (Å²) in [6.45, 7) is 20.7. The minimum Gasteiger partial charge on any atom is -0.0839 e. The number of allylic oxidation sites excluding steroid dienone is 9. The highest BCUT2D eigenvalue weighted by atomic mass is 14.8. The largest absolute Gasteiger partial charge is 0.0839 e. The molecule has 0 radical (unpaired) electrons. The fourth-order valence-corrected chi connectivity index (χ4v) is 9.97. The Morgan fingerprint density at radius 1 is 0.500 bits per heavy atom. The van der Waals surface area contributed by atoms with Crippen LogP contribution in [0.2, 0.25) is 0 Å². The fraction of sp³-hybridized carbons (Fsp3) is 0.348. The van der Waals surface area contributed by atoms with Crippen LogP contribution in [0.15, 0.2) is 139 Å². The van der Waals surface area contributed by atoms with E-state index in [1.165, 1.54) is 38.2 Å². The van der Waals surface area contributed by atoms with Gasteiger partial charge in [-0.15, -0.1) is 0 Å². The molecule has 0 aromatic heterocycles. The molecule has 3 atom stereocenters. The molecule has 0 saturated heterocycles. The number of benzene rings is 4. The van der Waals surface area contributed by atoms with Crippen LogP contribution in [-0.4, -0.2) is 0 Å². The van der Waals surface area contributed by atoms with Crippen LogP contribution in [-0.2, 0) is 0 Å². The van der Waals surface area contributed by atoms with E-state index < -0.39 is 0 Å². The Balaban J connectivity index is 1.71. The molecule has 0 spiro atoms. The van der Waals surface area contributed by atoms with E-state index in [2.05, 4.69) is 189 Å². The highest BCUT2D eigenvalue weighted by molar-refractivity contribution is 5.94. The van der Waals surface area contributed by atoms with Gasteiger partial charge in [0.1, 0.15) is 0 Å². The minimum absolute atomic E-state index is 0.00412. The molecular formula is C46H50. The molecule has 0 N–H and O–H groups in total. The second-order valence-corrected chi connectivity index (χ2v) is 16.1. The lowest BCUT2D eigenvalue weighted by Crippen LogP contribution is -2.68. The third kappa shape index (κ3) is 4.05. The number of rotatable bonds is 4. The Labute approximate surface area is 277 Å². The highest BCUT2D eigenvalue weighted by Gasteiger charge is 2.72. The van der Waals surface area contributed by atoms with Crippen molar-refractivity contribution in [3.05, 3.63) is 150 Å². The molecule has 0 heterocycles. The molecule has 3 aliphatic carbocycles. The Morgan fingerprint density at radius 2 is 0.978 bits per heavy atom. The average Bonchev–Trinajstić information content (AvgIpc) is 3.62. The predicted octanol–water partition coefficient (Wildman–Crippen LogP) is 12.8. The molecule has 0 heteroatoms. The van der Waals surface area contributed by atoms with Crippen molar-refractivity contribution in [3.8, 4) is 0 Å². The Bertz CT molecular complexity index is 1890. The maximum Gasteiger partial charge on any atom is 0.00529 e. The summed E-state index contributed by atoms with van der Waals surface area (Å²) < 4.78 is 0. The molecule has 0 amide bonds. The van der Waals surface area contributed by atoms with E-state index in [1.807, 2.05) is 0 Å². The monoisotopic (exact) mass is 602 g/mol. The second-order valence-electron chi connectivity index (χ2n) is 16.1. The highest BCUT2D eigenvalue weighted by Crippen LogP contribution is 2.79. The molecule has 3 aliphatic rings. The van der Waals surface area contributed by atoms with Crippen molar-refractivity contribution in [1.29, 1.82) is 0 Å². The first-order chi connectivity index (χ1) is 21.9. The van der Waals surface area contributed by atoms with Gasteiger partial charge in [0.05, 0.1) is 0 Å². The van der Waals surface area contributed by atoms with Crippen molar-refractivity contribution in [2.75, 3.05) is 0 Å². The Kier molecular flexibility index (Phi) is 7.06. The van der Waals surface area contributed by atoms with Gasteiger partial charge in [0.2, 0.25) is 0 Å². The zero-order valence-corrected chi connectivity index (χ0v) is 29.1. The summed E-state index contributed by atoms with van der Waals surface area (Å²) in [7, 11) is 0. The summed E-state index contributed by atoms with van der Waals surface area (Å²) in [6, 6.07) is 32.1. The van der Waals surface area contributed by atoms with Gasteiger partial charge in [0, 0.05) is 16.7 Å². The van der Waals surface area contributed by atoms with E-state index >= 15 is 0 Å². The van der Waals surface area contributed by atoms with E-state index in [0.29, 0.717) is 5.92 Å². The van der Waals surface area contributed by atoms with Gasteiger partial charge in [-0.05, 0) is 84.5 Å². The summed E-state index contributed by atoms with van der Waals surface area (Å²) in [4.78, 5) is 0. The van der Waals surface area contributed by atoms with Gasteiger partial charge in [-0.2, -0.15) is 0 Å². The molecule has 0 nitrogen and oxygen atoms in total. The number of fused-ring (bicyclic) bond motifs is 2. The van der Waals surface area contributed by atoms with E-state index in [1.54, 1.807) is 5.57 Å². The van der Waals surface area contributed by atoms with Gasteiger partial charge in [-0.25, -0.2) is 0 Å². The molecule has 0 aliphatic heterocycles. The summed E-state index contributed by atoms with van der Waals surface area (Å²) in [6.07, 6.45) is 20.0. The zero-order chi connectivity index (χ0) is 32.5. The van der Waals surface area contributed by atoms with Crippen LogP contribution in [0, 0.1) is 38.9 Å². The maximum absolute atomic E-state index is 2.64. The third-order valence-electron chi connectivity index (χ3n) is 14.2. The summed E-state index contributed by atoms with van der Waals surface area (Å²) in [5.41, 5.74) is 5.18. The number of hydrogen-bond donors (Lipinski definition) is 0. The van der Waals surface area contributed by atoms with E-state index in [9.17, 15) is 0 Å². The molecule has 1 fully saturated rings. The van der Waals surface area contributed by atoms with Crippen molar-refractivity contribution in [2.24, 2.45) is 38.9 Å². The van der Waals surface area contributed by atoms with Crippen molar-refractivity contribution >= 4 is 27.1 Å². The van der Waals surface area contributed by atoms with Crippen molar-refractivity contribution in [3.63, 3.8) is 0 Å². The molecule has 46 heavy (non-hydrogen) atoms. The molecule has 234 valence electrons. The molecule has 4 aromatic rings. The first kappa shape index (κ1) is 30.7. The van der Waals surface area contributed by atoms with Gasteiger partial charge in [0.15, 0.2) is 0 Å². The lowest BCUT2D eigenvalue weighted by Gasteiger charge is -2.74. The standard InChI is InChI=1S/C46H50/c1-42(2)43(3,4)45(7,38-22-10-9-11-23-38)41(46(8,44(42,5)6)39-24-16-17-25-39)40(36-28-26-32-18-12-14-20-34(32)30-36)37-29-27-33-19-13-15-21-35(33)31-37/h9-22,24-31,38-39H,23H2,1-8H3. The zero-order valence-electron chi connectivity index (χ0n) is 29.1. The Hall–Kier alpha value is -3.90. The van der Waals surface area contributed by atoms with Gasteiger partial charge in [-0.1, -0.05) is 177 Å². The van der Waals surface area contributed by atoms with Crippen molar-refractivity contribution in [2.45, 2.75) is 61.8 Å². The van der Waals surface area contributed by atoms with Crippen LogP contribution >= 0.6 is 0 Å². The molecular weight excluding hydrogens is 553 g/mol. The molecule has 0 bridgehead atoms. The summed E-state index contributed by atoms with van der Waals surface area (Å²) >= 11 is 0. The predicted molar refractivity (Wildman–Crippen MR) is 200 cm³/mol. The first-order valence-electron chi connectivity index (χ1n) is 17.3. The van der Waals surface area contributed by atoms with E-state index in [4.69, 9.17) is 0 Å². The van der Waals surface area contributed by atoms with Crippen LogP contribution < -0.4 is 0 Å². The fourth-order valence-electron chi connectivity index (χ4n) is 9.97. The van der Waals surface area contributed by atoms with Crippen LogP contribution in [0.1, 0.15) is 72.9 Å².